The molecule has 0 bridgehead atoms. The van der Waals surface area contributed by atoms with Crippen LogP contribution in [0.15, 0.2) is 133 Å². The number of hydrogen-bond acceptors (Lipinski definition) is 0. The van der Waals surface area contributed by atoms with E-state index in [2.05, 4.69) is 149 Å². The maximum atomic E-state index is 4.45. The summed E-state index contributed by atoms with van der Waals surface area (Å²) in [5.74, 6) is 2.39. The molecule has 0 saturated heterocycles. The molecule has 0 saturated carbocycles. The van der Waals surface area contributed by atoms with Crippen LogP contribution in [-0.4, -0.2) is 0 Å². The Morgan fingerprint density at radius 2 is 0.964 bits per heavy atom. The summed E-state index contributed by atoms with van der Waals surface area (Å²) < 4.78 is 0. The topological polar surface area (TPSA) is 0 Å². The van der Waals surface area contributed by atoms with Gasteiger partial charge in [0.05, 0.1) is 0 Å². The zero-order chi connectivity index (χ0) is 19.3. The predicted octanol–water partition coefficient (Wildman–Crippen LogP) is 7.18. The first-order chi connectivity index (χ1) is 13.7. The average molecular weight is 445 g/mol. The fourth-order valence-electron chi connectivity index (χ4n) is 3.77. The number of hydrogen-bond donors (Lipinski definition) is 0. The van der Waals surface area contributed by atoms with E-state index in [1.54, 1.807) is 0 Å². The van der Waals surface area contributed by atoms with Crippen LogP contribution in [-0.2, 0) is 0 Å². The van der Waals surface area contributed by atoms with Crippen LogP contribution in [0.25, 0.3) is 5.31 Å². The van der Waals surface area contributed by atoms with E-state index in [1.165, 1.54) is 21.5 Å². The molecule has 2 heteroatoms. The zero-order valence-electron chi connectivity index (χ0n) is 15.5. The molecule has 0 radical (unpaired) electrons. The molecule has 3 aromatic rings. The van der Waals surface area contributed by atoms with Crippen LogP contribution in [0.2, 0.25) is 0 Å². The molecule has 0 N–H and O–H groups in total. The van der Waals surface area contributed by atoms with Gasteiger partial charge in [-0.05, 0) is 0 Å². The van der Waals surface area contributed by atoms with Crippen molar-refractivity contribution in [2.75, 3.05) is 0 Å². The molecule has 0 nitrogen and oxygen atoms in total. The van der Waals surface area contributed by atoms with Crippen molar-refractivity contribution in [1.29, 1.82) is 0 Å². The molecule has 0 spiro atoms. The summed E-state index contributed by atoms with van der Waals surface area (Å²) in [6, 6.07) is 32.3. The molecule has 0 unspecified atom stereocenters. The van der Waals surface area contributed by atoms with Crippen molar-refractivity contribution in [3.63, 3.8) is 0 Å². The summed E-state index contributed by atoms with van der Waals surface area (Å²) >= 11 is 4.45. The third-order valence-corrected chi connectivity index (χ3v) is 14.1. The van der Waals surface area contributed by atoms with Gasteiger partial charge in [-0.15, -0.1) is 0 Å². The van der Waals surface area contributed by atoms with Crippen LogP contribution in [0.4, 0.5) is 0 Å². The average Bonchev–Trinajstić information content (AvgIpc) is 2.86. The third-order valence-electron chi connectivity index (χ3n) is 5.13. The number of allylic oxidation sites excluding steroid dienone is 6. The first-order valence-electron chi connectivity index (χ1n) is 9.37. The summed E-state index contributed by atoms with van der Waals surface area (Å²) in [6.07, 6.45) is 12.8. The molecule has 4 rings (SSSR count). The molecule has 1 aliphatic rings. The van der Waals surface area contributed by atoms with Crippen LogP contribution < -0.4 is 10.6 Å². The van der Waals surface area contributed by atoms with Gasteiger partial charge in [-0.2, -0.15) is 0 Å². The van der Waals surface area contributed by atoms with Gasteiger partial charge < -0.3 is 0 Å². The molecule has 138 valence electrons. The molecule has 0 amide bonds. The van der Waals surface area contributed by atoms with E-state index < -0.39 is 5.31 Å². The van der Waals surface area contributed by atoms with E-state index in [1.807, 2.05) is 0 Å². The molecule has 0 aromatic heterocycles. The van der Waals surface area contributed by atoms with E-state index in [4.69, 9.17) is 0 Å². The van der Waals surface area contributed by atoms with Gasteiger partial charge in [0, 0.05) is 0 Å². The number of benzene rings is 3. The van der Waals surface area contributed by atoms with Crippen LogP contribution in [0.3, 0.4) is 0 Å². The number of halogens is 1. The summed E-state index contributed by atoms with van der Waals surface area (Å²) in [7, 11) is 0. The maximum absolute atomic E-state index is 4.45. The van der Waals surface area contributed by atoms with Gasteiger partial charge in [-0.25, -0.2) is 0 Å². The molecule has 28 heavy (non-hydrogen) atoms. The quantitative estimate of drug-likeness (QED) is 0.375. The van der Waals surface area contributed by atoms with E-state index in [0.717, 1.165) is 0 Å². The fraction of sp³-hybridized carbons (Fsp3) is 0. The second-order valence-electron chi connectivity index (χ2n) is 6.77. The van der Waals surface area contributed by atoms with Gasteiger partial charge >= 0.3 is 176 Å². The van der Waals surface area contributed by atoms with E-state index >= 15 is 0 Å². The van der Waals surface area contributed by atoms with Gasteiger partial charge in [0.2, 0.25) is 0 Å². The van der Waals surface area contributed by atoms with Crippen molar-refractivity contribution in [2.45, 2.75) is 0 Å². The molecule has 0 aliphatic carbocycles. The number of rotatable bonds is 3. The van der Waals surface area contributed by atoms with Crippen molar-refractivity contribution in [3.8, 4) is 0 Å². The van der Waals surface area contributed by atoms with Crippen LogP contribution in [0, 0.1) is 0 Å². The van der Waals surface area contributed by atoms with E-state index in [-0.39, 0.29) is 0 Å². The molecule has 1 heterocycles. The first-order valence-corrected chi connectivity index (χ1v) is 13.7. The first kappa shape index (κ1) is 18.9. The Labute approximate surface area is 175 Å². The van der Waals surface area contributed by atoms with Gasteiger partial charge in [0.15, 0.2) is 0 Å². The van der Waals surface area contributed by atoms with Gasteiger partial charge in [0.1, 0.15) is 0 Å². The fourth-order valence-corrected chi connectivity index (χ4v) is 10.9. The Bertz CT molecular complexity index is 1020. The molecule has 3 aromatic carbocycles. The van der Waals surface area contributed by atoms with Crippen LogP contribution in [0.1, 0.15) is 5.56 Å². The van der Waals surface area contributed by atoms with Crippen molar-refractivity contribution in [1.82, 2.24) is 0 Å². The van der Waals surface area contributed by atoms with Crippen LogP contribution >= 0.6 is 20.8 Å². The summed E-state index contributed by atoms with van der Waals surface area (Å²) in [6.45, 7) is 0. The minimum atomic E-state index is -3.05. The van der Waals surface area contributed by atoms with Crippen LogP contribution in [0.5, 0.6) is 0 Å². The van der Waals surface area contributed by atoms with Crippen molar-refractivity contribution in [3.05, 3.63) is 139 Å². The minimum absolute atomic E-state index is 1.22. The Balaban J connectivity index is 2.17. The van der Waals surface area contributed by atoms with Gasteiger partial charge in [-0.1, -0.05) is 0 Å². The van der Waals surface area contributed by atoms with Crippen molar-refractivity contribution < 1.29 is 0 Å². The monoisotopic (exact) mass is 444 g/mol. The standard InChI is InChI=1S/C26H22BrP/c27-28(24-17-9-5-10-18-24,25-19-11-6-12-20-25)22-14-3-1-2-13-21-26(28)23-15-7-4-8-16-23/h1-22H/b3-1-,13-2-,22-14-,26-21-. The SMILES string of the molecule is BrP1(c2ccccc2)(c2ccccc2)\C=C/C=C\C=C/C=C\1c1ccccc1. The zero-order valence-corrected chi connectivity index (χ0v) is 18.0. The Morgan fingerprint density at radius 3 is 1.54 bits per heavy atom. The summed E-state index contributed by atoms with van der Waals surface area (Å²) in [5, 5.41) is 0.820. The molecular formula is C26H22BrP. The van der Waals surface area contributed by atoms with Gasteiger partial charge in [0.25, 0.3) is 0 Å². The normalized spacial score (nSPS) is 24.0. The van der Waals surface area contributed by atoms with E-state index in [0.29, 0.717) is 0 Å². The Kier molecular flexibility index (Phi) is 5.31. The Hall–Kier alpha value is -2.47. The van der Waals surface area contributed by atoms with Crippen molar-refractivity contribution in [2.24, 2.45) is 0 Å². The van der Waals surface area contributed by atoms with Crippen molar-refractivity contribution >= 4 is 36.7 Å². The molecular weight excluding hydrogens is 423 g/mol. The second-order valence-corrected chi connectivity index (χ2v) is 15.2. The van der Waals surface area contributed by atoms with E-state index in [9.17, 15) is 0 Å². The summed E-state index contributed by atoms with van der Waals surface area (Å²) in [5.41, 5.74) is 1.22. The second kappa shape index (κ2) is 7.87. The third kappa shape index (κ3) is 3.15. The Morgan fingerprint density at radius 1 is 0.500 bits per heavy atom. The summed E-state index contributed by atoms with van der Waals surface area (Å²) in [4.78, 5) is 0. The molecule has 0 atom stereocenters. The van der Waals surface area contributed by atoms with Gasteiger partial charge in [-0.3, -0.25) is 0 Å². The predicted molar refractivity (Wildman–Crippen MR) is 130 cm³/mol. The molecule has 0 fully saturated rings. The molecule has 1 aliphatic heterocycles.